The van der Waals surface area contributed by atoms with Crippen molar-refractivity contribution < 1.29 is 18.0 Å². The van der Waals surface area contributed by atoms with Crippen LogP contribution in [0.15, 0.2) is 22.7 Å². The van der Waals surface area contributed by atoms with Crippen molar-refractivity contribution in [2.75, 3.05) is 0 Å². The van der Waals surface area contributed by atoms with Crippen LogP contribution in [0.1, 0.15) is 17.5 Å². The lowest BCUT2D eigenvalue weighted by molar-refractivity contribution is -0.137. The zero-order valence-electron chi connectivity index (χ0n) is 7.64. The lowest BCUT2D eigenvalue weighted by Gasteiger charge is -2.09. The van der Waals surface area contributed by atoms with E-state index in [4.69, 9.17) is 0 Å². The van der Waals surface area contributed by atoms with E-state index in [-0.39, 0.29) is 0 Å². The summed E-state index contributed by atoms with van der Waals surface area (Å²) in [6, 6.07) is 3.43. The molecule has 0 spiro atoms. The Morgan fingerprint density at radius 2 is 2.00 bits per heavy atom. The molecule has 0 amide bonds. The number of rotatable bonds is 3. The van der Waals surface area contributed by atoms with Crippen molar-refractivity contribution in [3.8, 4) is 0 Å². The van der Waals surface area contributed by atoms with Crippen molar-refractivity contribution in [2.45, 2.75) is 19.0 Å². The molecule has 1 nitrogen and oxygen atoms in total. The summed E-state index contributed by atoms with van der Waals surface area (Å²) in [7, 11) is 0. The number of carbonyl (C=O) groups is 1. The van der Waals surface area contributed by atoms with Gasteiger partial charge in [0.15, 0.2) is 0 Å². The largest absolute Gasteiger partial charge is 0.416 e. The number of alkyl halides is 3. The molecule has 0 aliphatic heterocycles. The predicted octanol–water partition coefficient (Wildman–Crippen LogP) is 3.60. The molecule has 1 aromatic carbocycles. The Morgan fingerprint density at radius 3 is 2.47 bits per heavy atom. The van der Waals surface area contributed by atoms with E-state index in [9.17, 15) is 18.0 Å². The maximum absolute atomic E-state index is 12.3. The molecule has 0 heterocycles. The molecule has 0 aliphatic rings. The molecule has 1 rings (SSSR count). The number of halogens is 4. The fraction of sp³-hybridized carbons (Fsp3) is 0.300. The molecule has 0 saturated carbocycles. The minimum absolute atomic E-state index is 0.309. The first kappa shape index (κ1) is 12.2. The van der Waals surface area contributed by atoms with Crippen LogP contribution in [-0.4, -0.2) is 6.29 Å². The van der Waals surface area contributed by atoms with E-state index in [0.29, 0.717) is 22.9 Å². The van der Waals surface area contributed by atoms with Crippen molar-refractivity contribution in [1.29, 1.82) is 0 Å². The number of carbonyl (C=O) groups excluding carboxylic acids is 1. The van der Waals surface area contributed by atoms with Crippen LogP contribution in [0.2, 0.25) is 0 Å². The van der Waals surface area contributed by atoms with Gasteiger partial charge in [-0.15, -0.1) is 0 Å². The van der Waals surface area contributed by atoms with E-state index in [0.717, 1.165) is 18.4 Å². The van der Waals surface area contributed by atoms with Gasteiger partial charge in [0.25, 0.3) is 0 Å². The standard InChI is InChI=1S/C10H8BrF3O/c11-9-6-8(10(12,13)14)4-3-7(9)2-1-5-15/h3-6H,1-2H2. The highest BCUT2D eigenvalue weighted by Crippen LogP contribution is 2.32. The third kappa shape index (κ3) is 3.34. The van der Waals surface area contributed by atoms with Crippen LogP contribution in [-0.2, 0) is 17.4 Å². The van der Waals surface area contributed by atoms with Gasteiger partial charge in [-0.25, -0.2) is 0 Å². The Balaban J connectivity index is 2.93. The maximum atomic E-state index is 12.3. The molecule has 0 atom stereocenters. The number of hydrogen-bond acceptors (Lipinski definition) is 1. The second-order valence-corrected chi connectivity index (χ2v) is 3.86. The van der Waals surface area contributed by atoms with Gasteiger partial charge in [-0.05, 0) is 24.1 Å². The van der Waals surface area contributed by atoms with E-state index in [1.54, 1.807) is 0 Å². The highest BCUT2D eigenvalue weighted by molar-refractivity contribution is 9.10. The monoisotopic (exact) mass is 280 g/mol. The van der Waals surface area contributed by atoms with Gasteiger partial charge in [0.05, 0.1) is 5.56 Å². The van der Waals surface area contributed by atoms with Crippen molar-refractivity contribution in [1.82, 2.24) is 0 Å². The molecule has 0 radical (unpaired) electrons. The molecular formula is C10H8BrF3O. The average Bonchev–Trinajstić information content (AvgIpc) is 2.14. The lowest BCUT2D eigenvalue weighted by atomic mass is 10.1. The average molecular weight is 281 g/mol. The predicted molar refractivity (Wildman–Crippen MR) is 53.5 cm³/mol. The van der Waals surface area contributed by atoms with E-state index in [2.05, 4.69) is 15.9 Å². The Morgan fingerprint density at radius 1 is 1.33 bits per heavy atom. The van der Waals surface area contributed by atoms with Gasteiger partial charge < -0.3 is 4.79 Å². The Kier molecular flexibility index (Phi) is 3.90. The van der Waals surface area contributed by atoms with Crippen LogP contribution < -0.4 is 0 Å². The number of benzene rings is 1. The second kappa shape index (κ2) is 4.79. The molecule has 0 bridgehead atoms. The molecule has 0 aromatic heterocycles. The van der Waals surface area contributed by atoms with Gasteiger partial charge in [0.1, 0.15) is 6.29 Å². The number of aryl methyl sites for hydroxylation is 1. The third-order valence-electron chi connectivity index (χ3n) is 1.91. The van der Waals surface area contributed by atoms with Crippen molar-refractivity contribution in [3.05, 3.63) is 33.8 Å². The van der Waals surface area contributed by atoms with Gasteiger partial charge >= 0.3 is 6.18 Å². The fourth-order valence-corrected chi connectivity index (χ4v) is 1.72. The van der Waals surface area contributed by atoms with E-state index < -0.39 is 11.7 Å². The molecule has 0 unspecified atom stereocenters. The van der Waals surface area contributed by atoms with Crippen LogP contribution in [0.4, 0.5) is 13.2 Å². The van der Waals surface area contributed by atoms with Crippen LogP contribution >= 0.6 is 15.9 Å². The van der Waals surface area contributed by atoms with Crippen molar-refractivity contribution in [2.24, 2.45) is 0 Å². The fourth-order valence-electron chi connectivity index (χ4n) is 1.14. The zero-order chi connectivity index (χ0) is 11.5. The molecule has 82 valence electrons. The maximum Gasteiger partial charge on any atom is 0.416 e. The van der Waals surface area contributed by atoms with Gasteiger partial charge in [0, 0.05) is 10.9 Å². The summed E-state index contributed by atoms with van der Waals surface area (Å²) < 4.78 is 37.2. The highest BCUT2D eigenvalue weighted by atomic mass is 79.9. The molecule has 1 aromatic rings. The molecule has 15 heavy (non-hydrogen) atoms. The van der Waals surface area contributed by atoms with E-state index in [1.165, 1.54) is 6.07 Å². The van der Waals surface area contributed by atoms with E-state index in [1.807, 2.05) is 0 Å². The topological polar surface area (TPSA) is 17.1 Å². The molecular weight excluding hydrogens is 273 g/mol. The summed E-state index contributed by atoms with van der Waals surface area (Å²) in [5.74, 6) is 0. The third-order valence-corrected chi connectivity index (χ3v) is 2.65. The van der Waals surface area contributed by atoms with Crippen molar-refractivity contribution >= 4 is 22.2 Å². The van der Waals surface area contributed by atoms with Crippen LogP contribution in [0, 0.1) is 0 Å². The smallest absolute Gasteiger partial charge is 0.303 e. The molecule has 0 aliphatic carbocycles. The molecule has 0 saturated heterocycles. The summed E-state index contributed by atoms with van der Waals surface area (Å²) in [5, 5.41) is 0. The quantitative estimate of drug-likeness (QED) is 0.774. The van der Waals surface area contributed by atoms with Gasteiger partial charge in [-0.1, -0.05) is 22.0 Å². The summed E-state index contributed by atoms with van der Waals surface area (Å²) in [6.45, 7) is 0. The second-order valence-electron chi connectivity index (χ2n) is 3.01. The number of aldehydes is 1. The van der Waals surface area contributed by atoms with Gasteiger partial charge in [-0.3, -0.25) is 0 Å². The summed E-state index contributed by atoms with van der Waals surface area (Å²) >= 11 is 3.05. The summed E-state index contributed by atoms with van der Waals surface area (Å²) in [5.41, 5.74) is 0.0133. The minimum Gasteiger partial charge on any atom is -0.303 e. The van der Waals surface area contributed by atoms with Gasteiger partial charge in [-0.2, -0.15) is 13.2 Å². The number of hydrogen-bond donors (Lipinski definition) is 0. The summed E-state index contributed by atoms with van der Waals surface area (Å²) in [6.07, 6.45) is -2.83. The zero-order valence-corrected chi connectivity index (χ0v) is 9.23. The van der Waals surface area contributed by atoms with Crippen LogP contribution in [0.25, 0.3) is 0 Å². The van der Waals surface area contributed by atoms with Crippen LogP contribution in [0.3, 0.4) is 0 Å². The first-order valence-electron chi connectivity index (χ1n) is 4.24. The Bertz CT molecular complexity index is 360. The molecule has 0 N–H and O–H groups in total. The van der Waals surface area contributed by atoms with Gasteiger partial charge in [0.2, 0.25) is 0 Å². The normalized spacial score (nSPS) is 11.5. The Hall–Kier alpha value is -0.840. The summed E-state index contributed by atoms with van der Waals surface area (Å²) in [4.78, 5) is 10.1. The van der Waals surface area contributed by atoms with Crippen LogP contribution in [0.5, 0.6) is 0 Å². The molecule has 0 fully saturated rings. The first-order chi connectivity index (χ1) is 6.95. The van der Waals surface area contributed by atoms with E-state index >= 15 is 0 Å². The Labute approximate surface area is 93.4 Å². The highest BCUT2D eigenvalue weighted by Gasteiger charge is 2.30. The SMILES string of the molecule is O=CCCc1ccc(C(F)(F)F)cc1Br. The molecule has 5 heteroatoms. The van der Waals surface area contributed by atoms with Crippen molar-refractivity contribution in [3.63, 3.8) is 0 Å². The lowest BCUT2D eigenvalue weighted by Crippen LogP contribution is -2.05. The minimum atomic E-state index is -4.33. The first-order valence-corrected chi connectivity index (χ1v) is 5.03.